The van der Waals surface area contributed by atoms with Crippen LogP contribution in [-0.2, 0) is 4.79 Å². The molecule has 3 heteroatoms. The lowest BCUT2D eigenvalue weighted by atomic mass is 9.49. The number of hydrogen-bond acceptors (Lipinski definition) is 3. The quantitative estimate of drug-likeness (QED) is 0.430. The lowest BCUT2D eigenvalue weighted by Crippen LogP contribution is -2.51. The standard InChI is InChI=1S/C31H40O3/c1-4-29(33)28-12-11-27-26-10-9-23-19-31(34,17-13-21-5-7-22(8-6-21)20(2)32)18-15-24(23)25(26)14-16-30(27,28)3/h5-8,23-28,34H,4,9-12,14-16,18-19H2,1-3H3/t23-,24+,25-,26-,27+,28-,30+,31-/m1/s1. The van der Waals surface area contributed by atoms with Gasteiger partial charge in [0.1, 0.15) is 11.4 Å². The highest BCUT2D eigenvalue weighted by Crippen LogP contribution is 2.64. The van der Waals surface area contributed by atoms with Crippen molar-refractivity contribution < 1.29 is 14.7 Å². The third-order valence-corrected chi connectivity index (χ3v) is 10.5. The van der Waals surface area contributed by atoms with Crippen LogP contribution in [-0.4, -0.2) is 22.3 Å². The van der Waals surface area contributed by atoms with Crippen LogP contribution in [0.3, 0.4) is 0 Å². The molecule has 8 atom stereocenters. The maximum absolute atomic E-state index is 12.7. The van der Waals surface area contributed by atoms with Gasteiger partial charge in [-0.1, -0.05) is 37.8 Å². The van der Waals surface area contributed by atoms with E-state index in [9.17, 15) is 14.7 Å². The largest absolute Gasteiger partial charge is 0.378 e. The molecule has 0 unspecified atom stereocenters. The second-order valence-electron chi connectivity index (χ2n) is 12.1. The fourth-order valence-electron chi connectivity index (χ4n) is 8.74. The van der Waals surface area contributed by atoms with Crippen molar-refractivity contribution in [3.05, 3.63) is 35.4 Å². The van der Waals surface area contributed by atoms with Crippen LogP contribution in [0, 0.1) is 52.8 Å². The van der Waals surface area contributed by atoms with E-state index in [1.807, 2.05) is 31.2 Å². The Labute approximate surface area is 205 Å². The molecule has 1 N–H and O–H groups in total. The van der Waals surface area contributed by atoms with E-state index in [4.69, 9.17) is 0 Å². The fraction of sp³-hybridized carbons (Fsp3) is 0.677. The van der Waals surface area contributed by atoms with Gasteiger partial charge in [-0.05, 0) is 112 Å². The SMILES string of the molecule is CCC(=O)[C@H]1CC[C@H]2[C@@H]3CC[C@@H]4C[C@@](O)(C#Cc5ccc(C(C)=O)cc5)CC[C@@H]4[C@H]3CC[C@]12C. The molecule has 0 spiro atoms. The van der Waals surface area contributed by atoms with E-state index in [0.29, 0.717) is 35.5 Å². The van der Waals surface area contributed by atoms with Gasteiger partial charge >= 0.3 is 0 Å². The molecule has 0 saturated heterocycles. The van der Waals surface area contributed by atoms with Gasteiger partial charge in [0.25, 0.3) is 0 Å². The van der Waals surface area contributed by atoms with Gasteiger partial charge in [0.05, 0.1) is 0 Å². The molecule has 182 valence electrons. The third kappa shape index (κ3) is 4.07. The molecule has 0 amide bonds. The number of benzene rings is 1. The summed E-state index contributed by atoms with van der Waals surface area (Å²) in [6.45, 7) is 6.03. The summed E-state index contributed by atoms with van der Waals surface area (Å²) in [4.78, 5) is 24.2. The Bertz CT molecular complexity index is 1010. The summed E-state index contributed by atoms with van der Waals surface area (Å²) in [6.07, 6.45) is 10.6. The Balaban J connectivity index is 1.27. The zero-order valence-corrected chi connectivity index (χ0v) is 21.1. The molecule has 0 radical (unpaired) electrons. The molecule has 4 aliphatic carbocycles. The van der Waals surface area contributed by atoms with E-state index in [-0.39, 0.29) is 17.1 Å². The predicted octanol–water partition coefficient (Wildman–Crippen LogP) is 6.22. The van der Waals surface area contributed by atoms with Crippen molar-refractivity contribution in [3.8, 4) is 11.8 Å². The van der Waals surface area contributed by atoms with Crippen molar-refractivity contribution >= 4 is 11.6 Å². The zero-order valence-electron chi connectivity index (χ0n) is 21.1. The molecular formula is C31H40O3. The van der Waals surface area contributed by atoms with Gasteiger partial charge in [-0.2, -0.15) is 0 Å². The maximum atomic E-state index is 12.7. The minimum Gasteiger partial charge on any atom is -0.378 e. The first-order valence-electron chi connectivity index (χ1n) is 13.6. The first kappa shape index (κ1) is 23.8. The summed E-state index contributed by atoms with van der Waals surface area (Å²) in [6, 6.07) is 7.38. The monoisotopic (exact) mass is 460 g/mol. The van der Waals surface area contributed by atoms with Gasteiger partial charge < -0.3 is 5.11 Å². The molecule has 0 bridgehead atoms. The van der Waals surface area contributed by atoms with Crippen LogP contribution in [0.2, 0.25) is 0 Å². The van der Waals surface area contributed by atoms with Crippen molar-refractivity contribution in [2.75, 3.05) is 0 Å². The van der Waals surface area contributed by atoms with Gasteiger partial charge in [-0.3, -0.25) is 9.59 Å². The Morgan fingerprint density at radius 1 is 0.971 bits per heavy atom. The lowest BCUT2D eigenvalue weighted by Gasteiger charge is -2.56. The van der Waals surface area contributed by atoms with Crippen LogP contribution in [0.4, 0.5) is 0 Å². The number of carbonyl (C=O) groups is 2. The number of fused-ring (bicyclic) bond motifs is 5. The van der Waals surface area contributed by atoms with E-state index in [1.54, 1.807) is 6.92 Å². The molecule has 5 rings (SSSR count). The van der Waals surface area contributed by atoms with E-state index < -0.39 is 5.60 Å². The number of aliphatic hydroxyl groups is 1. The normalized spacial score (nSPS) is 40.8. The predicted molar refractivity (Wildman–Crippen MR) is 134 cm³/mol. The molecule has 1 aromatic carbocycles. The number of hydrogen-bond donors (Lipinski definition) is 1. The Morgan fingerprint density at radius 3 is 2.41 bits per heavy atom. The van der Waals surface area contributed by atoms with Crippen LogP contribution >= 0.6 is 0 Å². The Kier molecular flexibility index (Phi) is 6.26. The third-order valence-electron chi connectivity index (χ3n) is 10.5. The van der Waals surface area contributed by atoms with Gasteiger partial charge in [-0.25, -0.2) is 0 Å². The Morgan fingerprint density at radius 2 is 1.71 bits per heavy atom. The number of carbonyl (C=O) groups excluding carboxylic acids is 2. The van der Waals surface area contributed by atoms with Crippen molar-refractivity contribution in [1.82, 2.24) is 0 Å². The molecule has 4 fully saturated rings. The van der Waals surface area contributed by atoms with E-state index in [2.05, 4.69) is 18.8 Å². The summed E-state index contributed by atoms with van der Waals surface area (Å²) in [5.74, 6) is 10.8. The lowest BCUT2D eigenvalue weighted by molar-refractivity contribution is -0.131. The topological polar surface area (TPSA) is 54.4 Å². The van der Waals surface area contributed by atoms with Crippen LogP contribution in [0.15, 0.2) is 24.3 Å². The Hall–Kier alpha value is -1.92. The van der Waals surface area contributed by atoms with Crippen LogP contribution in [0.25, 0.3) is 0 Å². The molecule has 0 aliphatic heterocycles. The second-order valence-corrected chi connectivity index (χ2v) is 12.1. The van der Waals surface area contributed by atoms with Gasteiger partial charge in [0.2, 0.25) is 0 Å². The molecule has 4 saturated carbocycles. The molecule has 0 aromatic heterocycles. The minimum atomic E-state index is -0.900. The van der Waals surface area contributed by atoms with E-state index in [0.717, 1.165) is 43.1 Å². The van der Waals surface area contributed by atoms with Crippen molar-refractivity contribution in [2.45, 2.75) is 90.6 Å². The molecule has 4 aliphatic rings. The summed E-state index contributed by atoms with van der Waals surface area (Å²) >= 11 is 0. The van der Waals surface area contributed by atoms with Crippen molar-refractivity contribution in [1.29, 1.82) is 0 Å². The smallest absolute Gasteiger partial charge is 0.159 e. The average molecular weight is 461 g/mol. The number of ketones is 2. The van der Waals surface area contributed by atoms with Crippen molar-refractivity contribution in [3.63, 3.8) is 0 Å². The maximum Gasteiger partial charge on any atom is 0.159 e. The summed E-state index contributed by atoms with van der Waals surface area (Å²) in [5, 5.41) is 11.4. The zero-order chi connectivity index (χ0) is 24.1. The van der Waals surface area contributed by atoms with Gasteiger partial charge in [0.15, 0.2) is 5.78 Å². The first-order chi connectivity index (χ1) is 16.2. The number of rotatable bonds is 3. The first-order valence-corrected chi connectivity index (χ1v) is 13.6. The second kappa shape index (κ2) is 8.94. The highest BCUT2D eigenvalue weighted by Gasteiger charge is 2.58. The average Bonchev–Trinajstić information content (AvgIpc) is 3.19. The summed E-state index contributed by atoms with van der Waals surface area (Å²) in [5.41, 5.74) is 0.869. The van der Waals surface area contributed by atoms with Crippen molar-refractivity contribution in [2.24, 2.45) is 40.9 Å². The minimum absolute atomic E-state index is 0.0557. The molecule has 3 nitrogen and oxygen atoms in total. The van der Waals surface area contributed by atoms with Crippen LogP contribution in [0.1, 0.15) is 101 Å². The molecular weight excluding hydrogens is 420 g/mol. The molecule has 34 heavy (non-hydrogen) atoms. The number of Topliss-reactive ketones (excluding diaryl/α,β-unsaturated/α-hetero) is 2. The van der Waals surface area contributed by atoms with Gasteiger partial charge in [0, 0.05) is 23.5 Å². The van der Waals surface area contributed by atoms with E-state index in [1.165, 1.54) is 32.1 Å². The van der Waals surface area contributed by atoms with Crippen LogP contribution in [0.5, 0.6) is 0 Å². The summed E-state index contributed by atoms with van der Waals surface area (Å²) in [7, 11) is 0. The highest BCUT2D eigenvalue weighted by atomic mass is 16.3. The van der Waals surface area contributed by atoms with E-state index >= 15 is 0 Å². The molecule has 1 aromatic rings. The van der Waals surface area contributed by atoms with Crippen LogP contribution < -0.4 is 0 Å². The van der Waals surface area contributed by atoms with Gasteiger partial charge in [-0.15, -0.1) is 0 Å². The highest BCUT2D eigenvalue weighted by molar-refractivity contribution is 5.94. The molecule has 0 heterocycles. The fourth-order valence-corrected chi connectivity index (χ4v) is 8.74. The summed E-state index contributed by atoms with van der Waals surface area (Å²) < 4.78 is 0.